The summed E-state index contributed by atoms with van der Waals surface area (Å²) < 4.78 is 5.35. The average Bonchev–Trinajstić information content (AvgIpc) is 2.22. The van der Waals surface area contributed by atoms with Crippen molar-refractivity contribution in [2.45, 2.75) is 26.0 Å². The van der Waals surface area contributed by atoms with E-state index >= 15 is 0 Å². The van der Waals surface area contributed by atoms with E-state index < -0.39 is 6.10 Å². The molecule has 3 nitrogen and oxygen atoms in total. The van der Waals surface area contributed by atoms with Crippen LogP contribution in [0.1, 0.15) is 25.5 Å². The second-order valence-electron chi connectivity index (χ2n) is 3.63. The number of aliphatic hydroxyl groups excluding tert-OH is 1. The molecular weight excluding hydrogens is 226 g/mol. The van der Waals surface area contributed by atoms with Crippen molar-refractivity contribution in [1.29, 1.82) is 0 Å². The minimum atomic E-state index is -0.473. The molecule has 0 amide bonds. The normalized spacial score (nSPS) is 14.6. The van der Waals surface area contributed by atoms with E-state index in [0.717, 1.165) is 5.56 Å². The molecule has 0 saturated heterocycles. The number of rotatable bonds is 5. The van der Waals surface area contributed by atoms with Crippen LogP contribution in [-0.4, -0.2) is 24.9 Å². The molecule has 16 heavy (non-hydrogen) atoms. The Kier molecular flexibility index (Phi) is 5.06. The molecule has 0 aliphatic heterocycles. The lowest BCUT2D eigenvalue weighted by molar-refractivity contribution is 0.150. The molecule has 2 unspecified atom stereocenters. The highest BCUT2D eigenvalue weighted by Crippen LogP contribution is 2.28. The first-order chi connectivity index (χ1) is 7.60. The summed E-state index contributed by atoms with van der Waals surface area (Å²) in [6, 6.07) is 5.44. The fraction of sp³-hybridized carbons (Fsp3) is 0.500. The lowest BCUT2D eigenvalue weighted by atomic mass is 10.0. The van der Waals surface area contributed by atoms with Gasteiger partial charge >= 0.3 is 0 Å². The van der Waals surface area contributed by atoms with E-state index in [2.05, 4.69) is 5.32 Å². The highest BCUT2D eigenvalue weighted by molar-refractivity contribution is 6.32. The molecule has 2 atom stereocenters. The quantitative estimate of drug-likeness (QED) is 0.835. The minimum absolute atomic E-state index is 0.117. The highest BCUT2D eigenvalue weighted by atomic mass is 35.5. The predicted octanol–water partition coefficient (Wildman–Crippen LogP) is 2.38. The van der Waals surface area contributed by atoms with E-state index in [9.17, 15) is 5.11 Å². The maximum atomic E-state index is 9.59. The van der Waals surface area contributed by atoms with Crippen LogP contribution in [0.25, 0.3) is 0 Å². The largest absolute Gasteiger partial charge is 0.492 e. The van der Waals surface area contributed by atoms with Crippen LogP contribution >= 0.6 is 11.6 Å². The number of hydrogen-bond acceptors (Lipinski definition) is 3. The summed E-state index contributed by atoms with van der Waals surface area (Å²) in [6.07, 6.45) is -0.473. The Morgan fingerprint density at radius 2 is 2.19 bits per heavy atom. The number of nitrogens with one attached hydrogen (secondary N) is 1. The molecule has 0 fully saturated rings. The minimum Gasteiger partial charge on any atom is -0.492 e. The topological polar surface area (TPSA) is 41.5 Å². The van der Waals surface area contributed by atoms with Gasteiger partial charge in [0.1, 0.15) is 5.75 Å². The summed E-state index contributed by atoms with van der Waals surface area (Å²) in [5, 5.41) is 13.2. The van der Waals surface area contributed by atoms with Gasteiger partial charge in [0, 0.05) is 0 Å². The maximum absolute atomic E-state index is 9.59. The molecule has 0 radical (unpaired) electrons. The van der Waals surface area contributed by atoms with Gasteiger partial charge in [-0.1, -0.05) is 17.7 Å². The summed E-state index contributed by atoms with van der Waals surface area (Å²) in [5.41, 5.74) is 0.950. The first-order valence-corrected chi connectivity index (χ1v) is 5.75. The lowest BCUT2D eigenvalue weighted by Gasteiger charge is -2.20. The highest BCUT2D eigenvalue weighted by Gasteiger charge is 2.16. The summed E-state index contributed by atoms with van der Waals surface area (Å²) in [6.45, 7) is 4.24. The van der Waals surface area contributed by atoms with Crippen molar-refractivity contribution in [1.82, 2.24) is 5.32 Å². The number of ether oxygens (including phenoxy) is 1. The molecule has 0 aliphatic rings. The molecule has 2 N–H and O–H groups in total. The van der Waals surface area contributed by atoms with Gasteiger partial charge in [0.15, 0.2) is 0 Å². The molecule has 0 aromatic heterocycles. The fourth-order valence-electron chi connectivity index (χ4n) is 1.67. The number of benzene rings is 1. The van der Waals surface area contributed by atoms with Gasteiger partial charge in [-0.15, -0.1) is 0 Å². The van der Waals surface area contributed by atoms with Crippen molar-refractivity contribution < 1.29 is 9.84 Å². The van der Waals surface area contributed by atoms with E-state index in [1.54, 1.807) is 6.92 Å². The van der Waals surface area contributed by atoms with Gasteiger partial charge in [-0.3, -0.25) is 0 Å². The van der Waals surface area contributed by atoms with Crippen LogP contribution in [0.3, 0.4) is 0 Å². The number of likely N-dealkylation sites (N-methyl/N-ethyl adjacent to an activating group) is 1. The third-order valence-electron chi connectivity index (χ3n) is 2.41. The molecule has 0 heterocycles. The smallest absolute Gasteiger partial charge is 0.137 e. The van der Waals surface area contributed by atoms with Crippen molar-refractivity contribution in [2.24, 2.45) is 0 Å². The number of aliphatic hydroxyl groups is 1. The Morgan fingerprint density at radius 3 is 2.62 bits per heavy atom. The van der Waals surface area contributed by atoms with Gasteiger partial charge in [-0.2, -0.15) is 0 Å². The van der Waals surface area contributed by atoms with Gasteiger partial charge < -0.3 is 15.2 Å². The third kappa shape index (κ3) is 3.11. The first kappa shape index (κ1) is 13.3. The Labute approximate surface area is 101 Å². The van der Waals surface area contributed by atoms with E-state index in [-0.39, 0.29) is 6.04 Å². The summed E-state index contributed by atoms with van der Waals surface area (Å²) in [5.74, 6) is 0.674. The molecule has 0 bridgehead atoms. The van der Waals surface area contributed by atoms with Gasteiger partial charge in [0.25, 0.3) is 0 Å². The Hall–Kier alpha value is -0.770. The van der Waals surface area contributed by atoms with E-state index in [1.807, 2.05) is 32.2 Å². The van der Waals surface area contributed by atoms with Gasteiger partial charge in [0.2, 0.25) is 0 Å². The van der Waals surface area contributed by atoms with Crippen LogP contribution in [0.5, 0.6) is 5.75 Å². The predicted molar refractivity (Wildman–Crippen MR) is 66.1 cm³/mol. The third-order valence-corrected chi connectivity index (χ3v) is 2.70. The van der Waals surface area contributed by atoms with Crippen LogP contribution in [0.15, 0.2) is 18.2 Å². The first-order valence-electron chi connectivity index (χ1n) is 5.37. The van der Waals surface area contributed by atoms with Crippen molar-refractivity contribution in [3.05, 3.63) is 28.8 Å². The van der Waals surface area contributed by atoms with Crippen LogP contribution in [0, 0.1) is 0 Å². The Morgan fingerprint density at radius 1 is 1.50 bits per heavy atom. The summed E-state index contributed by atoms with van der Waals surface area (Å²) >= 11 is 6.08. The molecular formula is C12H18ClNO2. The van der Waals surface area contributed by atoms with Gasteiger partial charge in [0.05, 0.1) is 23.8 Å². The van der Waals surface area contributed by atoms with Gasteiger partial charge in [-0.05, 0) is 38.6 Å². The molecule has 1 rings (SSSR count). The maximum Gasteiger partial charge on any atom is 0.137 e. The van der Waals surface area contributed by atoms with Crippen molar-refractivity contribution in [3.8, 4) is 5.75 Å². The second kappa shape index (κ2) is 6.09. The number of hydrogen-bond donors (Lipinski definition) is 2. The summed E-state index contributed by atoms with van der Waals surface area (Å²) in [7, 11) is 1.81. The Balaban J connectivity index is 2.95. The van der Waals surface area contributed by atoms with E-state index in [1.165, 1.54) is 0 Å². The molecule has 0 spiro atoms. The van der Waals surface area contributed by atoms with E-state index in [4.69, 9.17) is 16.3 Å². The zero-order valence-electron chi connectivity index (χ0n) is 9.83. The van der Waals surface area contributed by atoms with Crippen molar-refractivity contribution in [2.75, 3.05) is 13.7 Å². The van der Waals surface area contributed by atoms with Gasteiger partial charge in [-0.25, -0.2) is 0 Å². The fourth-order valence-corrected chi connectivity index (χ4v) is 1.91. The summed E-state index contributed by atoms with van der Waals surface area (Å²) in [4.78, 5) is 0. The molecule has 1 aromatic rings. The van der Waals surface area contributed by atoms with Crippen LogP contribution in [-0.2, 0) is 0 Å². The van der Waals surface area contributed by atoms with E-state index in [0.29, 0.717) is 17.4 Å². The molecule has 90 valence electrons. The van der Waals surface area contributed by atoms with Crippen molar-refractivity contribution in [3.63, 3.8) is 0 Å². The standard InChI is InChI=1S/C12H18ClNO2/c1-4-16-11-6-5-9(7-10(11)13)12(14-3)8(2)15/h5-8,12,14-15H,4H2,1-3H3. The van der Waals surface area contributed by atoms with Crippen LogP contribution < -0.4 is 10.1 Å². The molecule has 0 saturated carbocycles. The van der Waals surface area contributed by atoms with Crippen molar-refractivity contribution >= 4 is 11.6 Å². The molecule has 4 heteroatoms. The zero-order chi connectivity index (χ0) is 12.1. The Bertz CT molecular complexity index is 342. The zero-order valence-corrected chi connectivity index (χ0v) is 10.6. The number of halogens is 1. The second-order valence-corrected chi connectivity index (χ2v) is 4.04. The average molecular weight is 244 g/mol. The van der Waals surface area contributed by atoms with Crippen LogP contribution in [0.4, 0.5) is 0 Å². The lowest BCUT2D eigenvalue weighted by Crippen LogP contribution is -2.26. The molecule has 0 aliphatic carbocycles. The van der Waals surface area contributed by atoms with Crippen LogP contribution in [0.2, 0.25) is 5.02 Å². The molecule has 1 aromatic carbocycles. The SMILES string of the molecule is CCOc1ccc(C(NC)C(C)O)cc1Cl. The monoisotopic (exact) mass is 243 g/mol.